The van der Waals surface area contributed by atoms with Crippen molar-refractivity contribution in [3.05, 3.63) is 35.9 Å². The Morgan fingerprint density at radius 2 is 1.62 bits per heavy atom. The first-order chi connectivity index (χ1) is 12.3. The predicted molar refractivity (Wildman–Crippen MR) is 97.0 cm³/mol. The number of hydrogen-bond acceptors (Lipinski definition) is 5. The Morgan fingerprint density at radius 3 is 2.12 bits per heavy atom. The Hall–Kier alpha value is -1.96. The highest BCUT2D eigenvalue weighted by Gasteiger charge is 2.07. The maximum absolute atomic E-state index is 9.68. The van der Waals surface area contributed by atoms with Gasteiger partial charge >= 0.3 is 11.9 Å². The molecule has 7 heteroatoms. The van der Waals surface area contributed by atoms with Crippen LogP contribution in [0.15, 0.2) is 30.3 Å². The molecule has 0 amide bonds. The van der Waals surface area contributed by atoms with Gasteiger partial charge in [-0.3, -0.25) is 9.59 Å². The topological polar surface area (TPSA) is 124 Å². The van der Waals surface area contributed by atoms with Crippen molar-refractivity contribution in [2.45, 2.75) is 57.7 Å². The minimum absolute atomic E-state index is 0.000721. The van der Waals surface area contributed by atoms with Gasteiger partial charge in [0.15, 0.2) is 0 Å². The summed E-state index contributed by atoms with van der Waals surface area (Å²) in [4.78, 5) is 19.3. The van der Waals surface area contributed by atoms with Crippen LogP contribution in [0.1, 0.15) is 44.6 Å². The lowest BCUT2D eigenvalue weighted by Gasteiger charge is -2.14. The number of carboxylic acids is 2. The number of ether oxygens (including phenoxy) is 1. The number of carbonyl (C=O) groups is 2. The van der Waals surface area contributed by atoms with Gasteiger partial charge < -0.3 is 25.2 Å². The van der Waals surface area contributed by atoms with E-state index in [4.69, 9.17) is 20.1 Å². The minimum Gasteiger partial charge on any atom is -0.481 e. The fraction of sp³-hybridized carbons (Fsp3) is 0.579. The molecule has 0 aromatic heterocycles. The van der Waals surface area contributed by atoms with E-state index >= 15 is 0 Å². The van der Waals surface area contributed by atoms with Gasteiger partial charge in [-0.1, -0.05) is 36.8 Å². The highest BCUT2D eigenvalue weighted by atomic mass is 16.5. The summed E-state index contributed by atoms with van der Waals surface area (Å²) in [7, 11) is 0. The Bertz CT molecular complexity index is 476. The Kier molecular flexibility index (Phi) is 14.2. The van der Waals surface area contributed by atoms with Crippen molar-refractivity contribution in [3.63, 3.8) is 0 Å². The van der Waals surface area contributed by atoms with Crippen LogP contribution in [0.25, 0.3) is 0 Å². The third-order valence-electron chi connectivity index (χ3n) is 3.48. The molecule has 0 heterocycles. The summed E-state index contributed by atoms with van der Waals surface area (Å²) < 4.78 is 5.27. The quantitative estimate of drug-likeness (QED) is 0.415. The van der Waals surface area contributed by atoms with E-state index in [-0.39, 0.29) is 25.6 Å². The lowest BCUT2D eigenvalue weighted by atomic mass is 10.1. The molecule has 0 aliphatic carbocycles. The average Bonchev–Trinajstić information content (AvgIpc) is 2.63. The maximum atomic E-state index is 9.68. The van der Waals surface area contributed by atoms with Gasteiger partial charge in [0.05, 0.1) is 38.3 Å². The van der Waals surface area contributed by atoms with Crippen LogP contribution < -0.4 is 0 Å². The molecule has 0 saturated carbocycles. The van der Waals surface area contributed by atoms with E-state index in [0.717, 1.165) is 25.7 Å². The second-order valence-electron chi connectivity index (χ2n) is 6.00. The Labute approximate surface area is 154 Å². The molecule has 148 valence electrons. The molecule has 1 aromatic carbocycles. The molecule has 0 bridgehead atoms. The van der Waals surface area contributed by atoms with Crippen LogP contribution in [0.4, 0.5) is 0 Å². The van der Waals surface area contributed by atoms with Gasteiger partial charge in [0.25, 0.3) is 0 Å². The zero-order valence-corrected chi connectivity index (χ0v) is 15.2. The van der Waals surface area contributed by atoms with Crippen LogP contribution in [0.5, 0.6) is 0 Å². The standard InChI is InChI=1S/C15H24O3.C4H6O4/c1-13(11-16)18-12-15(17)10-6-5-9-14-7-3-2-4-8-14;5-3(6)1-2-4(7)8/h2-4,7-8,13,15-17H,5-6,9-12H2,1H3;1-2H2,(H,5,6)(H,7,8). The zero-order valence-electron chi connectivity index (χ0n) is 15.2. The first-order valence-electron chi connectivity index (χ1n) is 8.73. The predicted octanol–water partition coefficient (Wildman–Crippen LogP) is 2.09. The second kappa shape index (κ2) is 15.3. The van der Waals surface area contributed by atoms with Crippen molar-refractivity contribution in [2.75, 3.05) is 13.2 Å². The summed E-state index contributed by atoms with van der Waals surface area (Å²) in [6.45, 7) is 2.11. The van der Waals surface area contributed by atoms with E-state index < -0.39 is 18.0 Å². The smallest absolute Gasteiger partial charge is 0.303 e. The van der Waals surface area contributed by atoms with E-state index in [2.05, 4.69) is 12.1 Å². The first-order valence-corrected chi connectivity index (χ1v) is 8.73. The molecule has 2 unspecified atom stereocenters. The molecule has 7 nitrogen and oxygen atoms in total. The lowest BCUT2D eigenvalue weighted by Crippen LogP contribution is -2.22. The summed E-state index contributed by atoms with van der Waals surface area (Å²) in [6.07, 6.45) is 2.68. The molecule has 0 saturated heterocycles. The van der Waals surface area contributed by atoms with Crippen LogP contribution in [0, 0.1) is 0 Å². The third-order valence-corrected chi connectivity index (χ3v) is 3.48. The van der Waals surface area contributed by atoms with E-state index in [1.54, 1.807) is 6.92 Å². The van der Waals surface area contributed by atoms with Gasteiger partial charge in [0, 0.05) is 0 Å². The van der Waals surface area contributed by atoms with E-state index in [0.29, 0.717) is 6.61 Å². The summed E-state index contributed by atoms with van der Waals surface area (Å²) in [6, 6.07) is 10.4. The molecule has 0 radical (unpaired) electrons. The third kappa shape index (κ3) is 15.6. The van der Waals surface area contributed by atoms with Gasteiger partial charge in [-0.15, -0.1) is 0 Å². The van der Waals surface area contributed by atoms with Crippen LogP contribution >= 0.6 is 0 Å². The van der Waals surface area contributed by atoms with Gasteiger partial charge in [-0.25, -0.2) is 0 Å². The molecule has 0 aliphatic rings. The van der Waals surface area contributed by atoms with Gasteiger partial charge in [0.2, 0.25) is 0 Å². The molecule has 2 atom stereocenters. The van der Waals surface area contributed by atoms with Crippen molar-refractivity contribution >= 4 is 11.9 Å². The number of rotatable bonds is 12. The molecule has 26 heavy (non-hydrogen) atoms. The fourth-order valence-electron chi connectivity index (χ4n) is 1.98. The highest BCUT2D eigenvalue weighted by Crippen LogP contribution is 2.08. The van der Waals surface area contributed by atoms with Gasteiger partial charge in [0.1, 0.15) is 0 Å². The van der Waals surface area contributed by atoms with Crippen LogP contribution in [-0.4, -0.2) is 57.8 Å². The molecular weight excluding hydrogens is 340 g/mol. The van der Waals surface area contributed by atoms with Crippen LogP contribution in [0.2, 0.25) is 0 Å². The van der Waals surface area contributed by atoms with E-state index in [1.807, 2.05) is 18.2 Å². The monoisotopic (exact) mass is 370 g/mol. The number of aliphatic hydroxyl groups excluding tert-OH is 2. The molecule has 0 fully saturated rings. The number of carboxylic acid groups (broad SMARTS) is 2. The molecule has 1 aromatic rings. The number of unbranched alkanes of at least 4 members (excludes halogenated alkanes) is 1. The number of aliphatic carboxylic acids is 2. The van der Waals surface area contributed by atoms with Crippen molar-refractivity contribution in [1.29, 1.82) is 0 Å². The normalized spacial score (nSPS) is 12.6. The van der Waals surface area contributed by atoms with Gasteiger partial charge in [-0.2, -0.15) is 0 Å². The van der Waals surface area contributed by atoms with Crippen molar-refractivity contribution in [2.24, 2.45) is 0 Å². The zero-order chi connectivity index (χ0) is 19.8. The summed E-state index contributed by atoms with van der Waals surface area (Å²) in [5.41, 5.74) is 1.34. The van der Waals surface area contributed by atoms with E-state index in [9.17, 15) is 14.7 Å². The van der Waals surface area contributed by atoms with Crippen LogP contribution in [0.3, 0.4) is 0 Å². The Morgan fingerprint density at radius 1 is 1.04 bits per heavy atom. The van der Waals surface area contributed by atoms with Crippen molar-refractivity contribution < 1.29 is 34.8 Å². The molecule has 0 aliphatic heterocycles. The number of hydrogen-bond donors (Lipinski definition) is 4. The molecule has 4 N–H and O–H groups in total. The second-order valence-corrected chi connectivity index (χ2v) is 6.00. The summed E-state index contributed by atoms with van der Waals surface area (Å²) in [5, 5.41) is 34.3. The lowest BCUT2D eigenvalue weighted by molar-refractivity contribution is -0.143. The number of aryl methyl sites for hydroxylation is 1. The van der Waals surface area contributed by atoms with Crippen LogP contribution in [-0.2, 0) is 20.7 Å². The summed E-state index contributed by atoms with van der Waals surface area (Å²) >= 11 is 0. The molecule has 0 spiro atoms. The molecular formula is C19H30O7. The minimum atomic E-state index is -1.08. The van der Waals surface area contributed by atoms with Crippen molar-refractivity contribution in [1.82, 2.24) is 0 Å². The molecule has 1 rings (SSSR count). The summed E-state index contributed by atoms with van der Waals surface area (Å²) in [5.74, 6) is -2.15. The fourth-order valence-corrected chi connectivity index (χ4v) is 1.98. The number of benzene rings is 1. The van der Waals surface area contributed by atoms with E-state index in [1.165, 1.54) is 5.56 Å². The maximum Gasteiger partial charge on any atom is 0.303 e. The van der Waals surface area contributed by atoms with Crippen molar-refractivity contribution in [3.8, 4) is 0 Å². The first kappa shape index (κ1) is 24.0. The SMILES string of the molecule is CC(CO)OCC(O)CCCCc1ccccc1.O=C(O)CCC(=O)O. The van der Waals surface area contributed by atoms with Gasteiger partial charge in [-0.05, 0) is 31.7 Å². The average molecular weight is 370 g/mol. The Balaban J connectivity index is 0.000000660. The highest BCUT2D eigenvalue weighted by molar-refractivity contribution is 5.75. The largest absolute Gasteiger partial charge is 0.481 e. The number of aliphatic hydroxyl groups is 2.